The van der Waals surface area contributed by atoms with Crippen molar-refractivity contribution in [3.05, 3.63) is 0 Å². The van der Waals surface area contributed by atoms with E-state index in [2.05, 4.69) is 5.32 Å². The van der Waals surface area contributed by atoms with Crippen LogP contribution < -0.4 is 5.32 Å². The predicted molar refractivity (Wildman–Crippen MR) is 57.3 cm³/mol. The van der Waals surface area contributed by atoms with E-state index in [0.717, 1.165) is 0 Å². The molecule has 1 N–H and O–H groups in total. The van der Waals surface area contributed by atoms with Crippen molar-refractivity contribution in [3.8, 4) is 0 Å². The van der Waals surface area contributed by atoms with Gasteiger partial charge in [-0.05, 0) is 20.9 Å². The second-order valence-electron chi connectivity index (χ2n) is 4.09. The fraction of sp³-hybridized carbons (Fsp3) is 0.800. The summed E-state index contributed by atoms with van der Waals surface area (Å²) in [4.78, 5) is 26.5. The first-order valence-electron chi connectivity index (χ1n) is 5.19. The van der Waals surface area contributed by atoms with Gasteiger partial charge >= 0.3 is 0 Å². The Balaban J connectivity index is 2.67. The molecule has 0 bridgehead atoms. The third-order valence-electron chi connectivity index (χ3n) is 2.96. The van der Waals surface area contributed by atoms with Crippen LogP contribution in [0.3, 0.4) is 0 Å². The fourth-order valence-corrected chi connectivity index (χ4v) is 1.57. The van der Waals surface area contributed by atoms with E-state index in [-0.39, 0.29) is 30.4 Å². The summed E-state index contributed by atoms with van der Waals surface area (Å²) >= 11 is 0. The van der Waals surface area contributed by atoms with Crippen molar-refractivity contribution in [2.24, 2.45) is 0 Å². The molecule has 1 rings (SSSR count). The zero-order chi connectivity index (χ0) is 11.6. The first-order valence-corrected chi connectivity index (χ1v) is 5.19. The Labute approximate surface area is 90.4 Å². The largest absolute Gasteiger partial charge is 0.332 e. The maximum Gasteiger partial charge on any atom is 0.245 e. The molecule has 15 heavy (non-hydrogen) atoms. The SMILES string of the molecule is CNC(C)CN1CC(=O)N(C)C(C)C1=O. The van der Waals surface area contributed by atoms with E-state index in [9.17, 15) is 9.59 Å². The van der Waals surface area contributed by atoms with E-state index in [1.165, 1.54) is 4.90 Å². The molecule has 0 aliphatic carbocycles. The number of hydrogen-bond donors (Lipinski definition) is 1. The van der Waals surface area contributed by atoms with Crippen molar-refractivity contribution < 1.29 is 9.59 Å². The van der Waals surface area contributed by atoms with Crippen LogP contribution in [0.25, 0.3) is 0 Å². The molecular formula is C10H19N3O2. The Morgan fingerprint density at radius 3 is 2.67 bits per heavy atom. The van der Waals surface area contributed by atoms with Gasteiger partial charge in [0.15, 0.2) is 0 Å². The van der Waals surface area contributed by atoms with Crippen LogP contribution in [0.2, 0.25) is 0 Å². The van der Waals surface area contributed by atoms with Crippen LogP contribution in [0.15, 0.2) is 0 Å². The zero-order valence-electron chi connectivity index (χ0n) is 9.78. The number of likely N-dealkylation sites (N-methyl/N-ethyl adjacent to an activating group) is 2. The number of amides is 2. The summed E-state index contributed by atoms with van der Waals surface area (Å²) in [7, 11) is 3.51. The highest BCUT2D eigenvalue weighted by molar-refractivity contribution is 5.94. The first-order chi connectivity index (χ1) is 6.97. The van der Waals surface area contributed by atoms with Crippen LogP contribution in [-0.4, -0.2) is 60.9 Å². The topological polar surface area (TPSA) is 52.7 Å². The predicted octanol–water partition coefficient (Wildman–Crippen LogP) is -0.717. The monoisotopic (exact) mass is 213 g/mol. The van der Waals surface area contributed by atoms with E-state index in [4.69, 9.17) is 0 Å². The maximum atomic E-state index is 11.8. The van der Waals surface area contributed by atoms with Crippen molar-refractivity contribution in [2.75, 3.05) is 27.2 Å². The van der Waals surface area contributed by atoms with Crippen LogP contribution in [0, 0.1) is 0 Å². The molecule has 2 atom stereocenters. The molecule has 1 saturated heterocycles. The van der Waals surface area contributed by atoms with Crippen LogP contribution in [0.4, 0.5) is 0 Å². The average molecular weight is 213 g/mol. The van der Waals surface area contributed by atoms with Crippen molar-refractivity contribution in [1.29, 1.82) is 0 Å². The smallest absolute Gasteiger partial charge is 0.245 e. The van der Waals surface area contributed by atoms with E-state index in [1.54, 1.807) is 18.9 Å². The maximum absolute atomic E-state index is 11.8. The molecule has 5 heteroatoms. The summed E-state index contributed by atoms with van der Waals surface area (Å²) in [6.07, 6.45) is 0. The summed E-state index contributed by atoms with van der Waals surface area (Å²) in [6.45, 7) is 4.53. The molecule has 1 heterocycles. The number of nitrogens with zero attached hydrogens (tertiary/aromatic N) is 2. The molecule has 0 saturated carbocycles. The number of nitrogens with one attached hydrogen (secondary N) is 1. The van der Waals surface area contributed by atoms with Gasteiger partial charge in [-0.25, -0.2) is 0 Å². The van der Waals surface area contributed by atoms with Crippen LogP contribution in [0.1, 0.15) is 13.8 Å². The number of rotatable bonds is 3. The molecule has 1 aliphatic rings. The highest BCUT2D eigenvalue weighted by Gasteiger charge is 2.34. The van der Waals surface area contributed by atoms with Gasteiger partial charge in [-0.2, -0.15) is 0 Å². The van der Waals surface area contributed by atoms with Crippen molar-refractivity contribution in [3.63, 3.8) is 0 Å². The molecule has 1 aliphatic heterocycles. The van der Waals surface area contributed by atoms with Gasteiger partial charge in [-0.3, -0.25) is 9.59 Å². The van der Waals surface area contributed by atoms with Gasteiger partial charge in [-0.1, -0.05) is 0 Å². The molecule has 2 unspecified atom stereocenters. The lowest BCUT2D eigenvalue weighted by atomic mass is 10.1. The minimum Gasteiger partial charge on any atom is -0.332 e. The van der Waals surface area contributed by atoms with Gasteiger partial charge in [0, 0.05) is 19.6 Å². The van der Waals surface area contributed by atoms with Gasteiger partial charge < -0.3 is 15.1 Å². The highest BCUT2D eigenvalue weighted by Crippen LogP contribution is 2.10. The molecular weight excluding hydrogens is 194 g/mol. The molecule has 1 fully saturated rings. The zero-order valence-corrected chi connectivity index (χ0v) is 9.78. The Kier molecular flexibility index (Phi) is 3.68. The number of hydrogen-bond acceptors (Lipinski definition) is 3. The molecule has 0 aromatic carbocycles. The van der Waals surface area contributed by atoms with Gasteiger partial charge in [0.2, 0.25) is 11.8 Å². The van der Waals surface area contributed by atoms with Gasteiger partial charge in [0.25, 0.3) is 0 Å². The van der Waals surface area contributed by atoms with E-state index in [1.807, 2.05) is 14.0 Å². The average Bonchev–Trinajstić information content (AvgIpc) is 2.22. The second kappa shape index (κ2) is 4.61. The summed E-state index contributed by atoms with van der Waals surface area (Å²) < 4.78 is 0. The molecule has 86 valence electrons. The summed E-state index contributed by atoms with van der Waals surface area (Å²) in [5.41, 5.74) is 0. The first kappa shape index (κ1) is 12.0. The molecule has 0 spiro atoms. The third kappa shape index (κ3) is 2.47. The highest BCUT2D eigenvalue weighted by atomic mass is 16.2. The lowest BCUT2D eigenvalue weighted by Gasteiger charge is -2.37. The number of carbonyl (C=O) groups excluding carboxylic acids is 2. The standard InChI is InChI=1S/C10H19N3O2/c1-7(11-3)5-13-6-9(14)12(4)8(2)10(13)15/h7-8,11H,5-6H2,1-4H3. The van der Waals surface area contributed by atoms with Crippen LogP contribution >= 0.6 is 0 Å². The minimum absolute atomic E-state index is 0.00500. The summed E-state index contributed by atoms with van der Waals surface area (Å²) in [5.74, 6) is 0.0320. The van der Waals surface area contributed by atoms with Gasteiger partial charge in [0.1, 0.15) is 6.04 Å². The number of carbonyl (C=O) groups is 2. The molecule has 0 radical (unpaired) electrons. The molecule has 5 nitrogen and oxygen atoms in total. The van der Waals surface area contributed by atoms with Crippen molar-refractivity contribution in [2.45, 2.75) is 25.9 Å². The molecule has 0 aromatic rings. The Morgan fingerprint density at radius 1 is 1.53 bits per heavy atom. The van der Waals surface area contributed by atoms with Gasteiger partial charge in [-0.15, -0.1) is 0 Å². The Bertz CT molecular complexity index is 267. The minimum atomic E-state index is -0.338. The van der Waals surface area contributed by atoms with E-state index < -0.39 is 0 Å². The lowest BCUT2D eigenvalue weighted by Crippen LogP contribution is -2.59. The van der Waals surface area contributed by atoms with E-state index >= 15 is 0 Å². The molecule has 2 amide bonds. The Hall–Kier alpha value is -1.10. The summed E-state index contributed by atoms with van der Waals surface area (Å²) in [6, 6.07) is -0.132. The van der Waals surface area contributed by atoms with E-state index in [0.29, 0.717) is 6.54 Å². The quantitative estimate of drug-likeness (QED) is 0.673. The number of piperazine rings is 1. The summed E-state index contributed by atoms with van der Waals surface area (Å²) in [5, 5.41) is 3.05. The normalized spacial score (nSPS) is 24.7. The van der Waals surface area contributed by atoms with Crippen molar-refractivity contribution in [1.82, 2.24) is 15.1 Å². The van der Waals surface area contributed by atoms with Crippen LogP contribution in [-0.2, 0) is 9.59 Å². The molecule has 0 aromatic heterocycles. The van der Waals surface area contributed by atoms with Crippen LogP contribution in [0.5, 0.6) is 0 Å². The van der Waals surface area contributed by atoms with Gasteiger partial charge in [0.05, 0.1) is 6.54 Å². The lowest BCUT2D eigenvalue weighted by molar-refractivity contribution is -0.153. The fourth-order valence-electron chi connectivity index (χ4n) is 1.57. The Morgan fingerprint density at radius 2 is 2.13 bits per heavy atom. The second-order valence-corrected chi connectivity index (χ2v) is 4.09. The van der Waals surface area contributed by atoms with Crippen molar-refractivity contribution >= 4 is 11.8 Å². The third-order valence-corrected chi connectivity index (χ3v) is 2.96.